The third-order valence-electron chi connectivity index (χ3n) is 3.48. The number of aliphatic carboxylic acids is 2. The van der Waals surface area contributed by atoms with Crippen molar-refractivity contribution in [3.8, 4) is 0 Å². The second-order valence-corrected chi connectivity index (χ2v) is 5.04. The molecule has 0 unspecified atom stereocenters. The Bertz CT molecular complexity index is 654. The summed E-state index contributed by atoms with van der Waals surface area (Å²) in [4.78, 5) is 25.2. The number of fused-ring (bicyclic) bond motifs is 1. The molecule has 1 aromatic heterocycles. The first-order valence-electron chi connectivity index (χ1n) is 7.14. The van der Waals surface area contributed by atoms with Crippen LogP contribution >= 0.6 is 0 Å². The van der Waals surface area contributed by atoms with Crippen LogP contribution in [0.3, 0.4) is 0 Å². The smallest absolute Gasteiger partial charge is 0.414 e. The lowest BCUT2D eigenvalue weighted by Crippen LogP contribution is -2.29. The number of aromatic nitrogens is 1. The number of anilines is 1. The molecule has 0 amide bonds. The van der Waals surface area contributed by atoms with Gasteiger partial charge in [0.1, 0.15) is 0 Å². The lowest BCUT2D eigenvalue weighted by molar-refractivity contribution is -0.159. The van der Waals surface area contributed by atoms with Gasteiger partial charge in [-0.15, -0.1) is 0 Å². The minimum absolute atomic E-state index is 1.09. The Balaban J connectivity index is 0.000000254. The van der Waals surface area contributed by atoms with Crippen LogP contribution in [0.25, 0.3) is 10.9 Å². The van der Waals surface area contributed by atoms with Gasteiger partial charge in [-0.1, -0.05) is 18.2 Å². The van der Waals surface area contributed by atoms with E-state index in [1.165, 1.54) is 43.4 Å². The number of hydrogen-bond donors (Lipinski definition) is 2. The summed E-state index contributed by atoms with van der Waals surface area (Å²) in [5.41, 5.74) is 2.36. The van der Waals surface area contributed by atoms with Gasteiger partial charge in [-0.25, -0.2) is 9.59 Å². The third-order valence-corrected chi connectivity index (χ3v) is 3.48. The Morgan fingerprint density at radius 3 is 2.27 bits per heavy atom. The molecular weight excluding hydrogens is 284 g/mol. The third kappa shape index (κ3) is 4.18. The van der Waals surface area contributed by atoms with E-state index in [0.717, 1.165) is 5.52 Å². The number of nitrogens with zero attached hydrogens (tertiary/aromatic N) is 2. The molecule has 1 aliphatic rings. The lowest BCUT2D eigenvalue weighted by atomic mass is 10.1. The van der Waals surface area contributed by atoms with E-state index in [4.69, 9.17) is 19.8 Å². The highest BCUT2D eigenvalue weighted by atomic mass is 16.4. The molecule has 2 heterocycles. The van der Waals surface area contributed by atoms with Crippen molar-refractivity contribution in [1.29, 1.82) is 0 Å². The first-order valence-corrected chi connectivity index (χ1v) is 7.14. The fraction of sp³-hybridized carbons (Fsp3) is 0.312. The van der Waals surface area contributed by atoms with Crippen LogP contribution in [0.5, 0.6) is 0 Å². The number of benzene rings is 1. The largest absolute Gasteiger partial charge is 0.473 e. The van der Waals surface area contributed by atoms with Crippen molar-refractivity contribution >= 4 is 28.5 Å². The first-order chi connectivity index (χ1) is 10.6. The van der Waals surface area contributed by atoms with E-state index >= 15 is 0 Å². The van der Waals surface area contributed by atoms with Crippen LogP contribution in [0.2, 0.25) is 0 Å². The van der Waals surface area contributed by atoms with Crippen molar-refractivity contribution in [2.75, 3.05) is 18.0 Å². The predicted molar refractivity (Wildman–Crippen MR) is 83.1 cm³/mol. The number of carboxylic acid groups (broad SMARTS) is 2. The van der Waals surface area contributed by atoms with Crippen molar-refractivity contribution in [2.45, 2.75) is 19.3 Å². The van der Waals surface area contributed by atoms with Gasteiger partial charge < -0.3 is 15.1 Å². The molecule has 6 nitrogen and oxygen atoms in total. The van der Waals surface area contributed by atoms with Gasteiger partial charge >= 0.3 is 11.9 Å². The highest BCUT2D eigenvalue weighted by Gasteiger charge is 2.11. The molecular formula is C16H18N2O4. The Kier molecular flexibility index (Phi) is 5.30. The van der Waals surface area contributed by atoms with Crippen molar-refractivity contribution in [3.05, 3.63) is 36.5 Å². The van der Waals surface area contributed by atoms with Gasteiger partial charge in [0, 0.05) is 18.5 Å². The van der Waals surface area contributed by atoms with Crippen LogP contribution in [0, 0.1) is 0 Å². The highest BCUT2D eigenvalue weighted by Crippen LogP contribution is 2.22. The van der Waals surface area contributed by atoms with Crippen LogP contribution in [0.1, 0.15) is 19.3 Å². The van der Waals surface area contributed by atoms with E-state index in [9.17, 15) is 0 Å². The van der Waals surface area contributed by atoms with E-state index < -0.39 is 11.9 Å². The average Bonchev–Trinajstić information content (AvgIpc) is 2.55. The van der Waals surface area contributed by atoms with Gasteiger partial charge in [0.05, 0.1) is 17.4 Å². The van der Waals surface area contributed by atoms with Crippen molar-refractivity contribution in [1.82, 2.24) is 4.98 Å². The molecule has 2 N–H and O–H groups in total. The van der Waals surface area contributed by atoms with Crippen molar-refractivity contribution in [3.63, 3.8) is 0 Å². The minimum atomic E-state index is -1.82. The number of para-hydroxylation sites is 1. The molecule has 1 aliphatic heterocycles. The number of hydrogen-bond acceptors (Lipinski definition) is 4. The standard InChI is InChI=1S/C14H16N2.C2H2O4/c1-4-8-16(9-5-1)13-10-12-6-2-3-7-14(12)15-11-13;3-1(4)2(5)6/h2-3,6-7,10-11H,1,4-5,8-9H2;(H,3,4)(H,5,6). The first kappa shape index (κ1) is 15.8. The fourth-order valence-corrected chi connectivity index (χ4v) is 2.38. The number of carboxylic acids is 2. The summed E-state index contributed by atoms with van der Waals surface area (Å²) < 4.78 is 0. The normalized spacial score (nSPS) is 14.1. The van der Waals surface area contributed by atoms with Crippen LogP contribution < -0.4 is 4.90 Å². The zero-order valence-electron chi connectivity index (χ0n) is 12.1. The SMILES string of the molecule is O=C(O)C(=O)O.c1ccc2ncc(N3CCCCC3)cc2c1. The molecule has 0 bridgehead atoms. The zero-order chi connectivity index (χ0) is 15.9. The number of rotatable bonds is 1. The monoisotopic (exact) mass is 302 g/mol. The van der Waals surface area contributed by atoms with Gasteiger partial charge in [0.25, 0.3) is 0 Å². The summed E-state index contributed by atoms with van der Waals surface area (Å²) in [6, 6.07) is 10.6. The average molecular weight is 302 g/mol. The summed E-state index contributed by atoms with van der Waals surface area (Å²) >= 11 is 0. The molecule has 0 radical (unpaired) electrons. The number of pyridine rings is 1. The Hall–Kier alpha value is -2.63. The maximum absolute atomic E-state index is 9.10. The van der Waals surface area contributed by atoms with Gasteiger partial charge in [-0.2, -0.15) is 0 Å². The molecule has 3 rings (SSSR count). The maximum atomic E-state index is 9.10. The van der Waals surface area contributed by atoms with Crippen LogP contribution in [0.4, 0.5) is 5.69 Å². The molecule has 1 saturated heterocycles. The zero-order valence-corrected chi connectivity index (χ0v) is 12.1. The van der Waals surface area contributed by atoms with Gasteiger partial charge in [0.2, 0.25) is 0 Å². The van der Waals surface area contributed by atoms with E-state index in [2.05, 4.69) is 34.1 Å². The summed E-state index contributed by atoms with van der Waals surface area (Å²) in [5, 5.41) is 16.0. The minimum Gasteiger partial charge on any atom is -0.473 e. The molecule has 1 fully saturated rings. The Morgan fingerprint density at radius 2 is 1.64 bits per heavy atom. The molecule has 0 saturated carbocycles. The molecule has 6 heteroatoms. The van der Waals surface area contributed by atoms with Crippen molar-refractivity contribution < 1.29 is 19.8 Å². The molecule has 0 spiro atoms. The quantitative estimate of drug-likeness (QED) is 0.786. The molecule has 116 valence electrons. The number of carbonyl (C=O) groups is 2. The van der Waals surface area contributed by atoms with Crippen molar-refractivity contribution in [2.24, 2.45) is 0 Å². The topological polar surface area (TPSA) is 90.7 Å². The van der Waals surface area contributed by atoms with E-state index in [0.29, 0.717) is 0 Å². The summed E-state index contributed by atoms with van der Waals surface area (Å²) in [7, 11) is 0. The fourth-order valence-electron chi connectivity index (χ4n) is 2.38. The molecule has 1 aromatic carbocycles. The predicted octanol–water partition coefficient (Wildman–Crippen LogP) is 2.38. The lowest BCUT2D eigenvalue weighted by Gasteiger charge is -2.28. The molecule has 22 heavy (non-hydrogen) atoms. The Labute approximate surface area is 128 Å². The summed E-state index contributed by atoms with van der Waals surface area (Å²) in [5.74, 6) is -3.65. The number of piperidine rings is 1. The second-order valence-electron chi connectivity index (χ2n) is 5.04. The van der Waals surface area contributed by atoms with E-state index in [1.54, 1.807) is 0 Å². The van der Waals surface area contributed by atoms with Gasteiger partial charge in [0.15, 0.2) is 0 Å². The van der Waals surface area contributed by atoms with Crippen LogP contribution in [-0.4, -0.2) is 40.2 Å². The Morgan fingerprint density at radius 1 is 1.00 bits per heavy atom. The molecule has 2 aromatic rings. The second kappa shape index (κ2) is 7.40. The highest BCUT2D eigenvalue weighted by molar-refractivity contribution is 6.27. The molecule has 0 atom stereocenters. The van der Waals surface area contributed by atoms with Gasteiger partial charge in [-0.05, 0) is 31.4 Å². The molecule has 0 aliphatic carbocycles. The van der Waals surface area contributed by atoms with Crippen LogP contribution in [-0.2, 0) is 9.59 Å². The maximum Gasteiger partial charge on any atom is 0.414 e. The summed E-state index contributed by atoms with van der Waals surface area (Å²) in [6.45, 7) is 2.36. The van der Waals surface area contributed by atoms with E-state index in [1.807, 2.05) is 12.3 Å². The van der Waals surface area contributed by atoms with Gasteiger partial charge in [-0.3, -0.25) is 4.98 Å². The van der Waals surface area contributed by atoms with E-state index in [-0.39, 0.29) is 0 Å². The summed E-state index contributed by atoms with van der Waals surface area (Å²) in [6.07, 6.45) is 6.00. The van der Waals surface area contributed by atoms with Crippen LogP contribution in [0.15, 0.2) is 36.5 Å².